The number of aromatic nitrogens is 3. The Kier molecular flexibility index (Phi) is 2.53. The van der Waals surface area contributed by atoms with Crippen molar-refractivity contribution < 1.29 is 0 Å². The van der Waals surface area contributed by atoms with Crippen LogP contribution in [0.5, 0.6) is 0 Å². The minimum Gasteiger partial charge on any atom is -0.382 e. The number of aromatic amines is 1. The van der Waals surface area contributed by atoms with Crippen LogP contribution in [0.15, 0.2) is 12.5 Å². The summed E-state index contributed by atoms with van der Waals surface area (Å²) in [4.78, 5) is 11.1. The molecule has 0 saturated carbocycles. The molecule has 2 heterocycles. The third-order valence-electron chi connectivity index (χ3n) is 2.28. The highest BCUT2D eigenvalue weighted by molar-refractivity contribution is 5.87. The van der Waals surface area contributed by atoms with Crippen LogP contribution >= 0.6 is 0 Å². The molecular formula is C9H14N6. The van der Waals surface area contributed by atoms with Gasteiger partial charge in [0.05, 0.1) is 11.7 Å². The number of H-pyrrole nitrogens is 1. The number of anilines is 1. The van der Waals surface area contributed by atoms with Gasteiger partial charge in [0.15, 0.2) is 5.82 Å². The van der Waals surface area contributed by atoms with E-state index in [1.165, 1.54) is 6.33 Å². The number of nitrogen functional groups attached to an aromatic ring is 1. The van der Waals surface area contributed by atoms with E-state index in [4.69, 9.17) is 11.5 Å². The second kappa shape index (κ2) is 3.84. The molecule has 6 N–H and O–H groups in total. The van der Waals surface area contributed by atoms with Crippen molar-refractivity contribution in [1.29, 1.82) is 0 Å². The minimum absolute atomic E-state index is 0.238. The third kappa shape index (κ3) is 1.64. The maximum absolute atomic E-state index is 5.93. The summed E-state index contributed by atoms with van der Waals surface area (Å²) in [6, 6.07) is 0. The van der Waals surface area contributed by atoms with E-state index in [-0.39, 0.29) is 6.17 Å². The maximum atomic E-state index is 5.93. The first-order chi connectivity index (χ1) is 7.24. The standard InChI is InChI=1S/C9H14N6/c1-2-12-8(10)5-3-13-7-6(5)14-4-15-9(7)11/h3-4,8,12-13H,2,10H2,1H3,(H2,11,14,15). The molecule has 0 aliphatic rings. The lowest BCUT2D eigenvalue weighted by atomic mass is 10.2. The molecule has 0 bridgehead atoms. The van der Waals surface area contributed by atoms with Crippen LogP contribution in [-0.2, 0) is 0 Å². The summed E-state index contributed by atoms with van der Waals surface area (Å²) in [7, 11) is 0. The zero-order valence-corrected chi connectivity index (χ0v) is 8.49. The molecule has 0 aliphatic heterocycles. The van der Waals surface area contributed by atoms with Gasteiger partial charge < -0.3 is 16.5 Å². The average molecular weight is 206 g/mol. The molecule has 0 fully saturated rings. The molecule has 0 spiro atoms. The van der Waals surface area contributed by atoms with Crippen molar-refractivity contribution in [1.82, 2.24) is 20.3 Å². The predicted octanol–water partition coefficient (Wildman–Crippen LogP) is 0.107. The Labute approximate surface area is 87.1 Å². The first-order valence-electron chi connectivity index (χ1n) is 4.80. The quantitative estimate of drug-likeness (QED) is 0.533. The highest BCUT2D eigenvalue weighted by atomic mass is 15.0. The zero-order chi connectivity index (χ0) is 10.8. The number of hydrogen-bond acceptors (Lipinski definition) is 5. The van der Waals surface area contributed by atoms with E-state index in [2.05, 4.69) is 20.3 Å². The van der Waals surface area contributed by atoms with Crippen LogP contribution in [0.2, 0.25) is 0 Å². The monoisotopic (exact) mass is 206 g/mol. The number of nitrogens with two attached hydrogens (primary N) is 2. The fourth-order valence-electron chi connectivity index (χ4n) is 1.55. The first-order valence-corrected chi connectivity index (χ1v) is 4.80. The largest absolute Gasteiger partial charge is 0.382 e. The van der Waals surface area contributed by atoms with Gasteiger partial charge in [0.25, 0.3) is 0 Å². The molecule has 2 aromatic heterocycles. The van der Waals surface area contributed by atoms with Gasteiger partial charge in [-0.1, -0.05) is 6.92 Å². The van der Waals surface area contributed by atoms with E-state index in [9.17, 15) is 0 Å². The van der Waals surface area contributed by atoms with Crippen LogP contribution in [0.25, 0.3) is 11.0 Å². The smallest absolute Gasteiger partial charge is 0.151 e. The molecule has 0 aromatic carbocycles. The molecule has 2 aromatic rings. The van der Waals surface area contributed by atoms with Crippen LogP contribution in [0.4, 0.5) is 5.82 Å². The summed E-state index contributed by atoms with van der Waals surface area (Å²) in [5, 5.41) is 3.12. The SMILES string of the molecule is CCNC(N)c1c[nH]c2c(N)ncnc12. The van der Waals surface area contributed by atoms with Gasteiger partial charge in [-0.25, -0.2) is 9.97 Å². The topological polar surface area (TPSA) is 106 Å². The Bertz CT molecular complexity index is 463. The van der Waals surface area contributed by atoms with Crippen LogP contribution in [0.1, 0.15) is 18.7 Å². The molecule has 0 radical (unpaired) electrons. The van der Waals surface area contributed by atoms with Gasteiger partial charge in [0.2, 0.25) is 0 Å². The van der Waals surface area contributed by atoms with E-state index in [1.54, 1.807) is 0 Å². The number of fused-ring (bicyclic) bond motifs is 1. The molecule has 6 nitrogen and oxygen atoms in total. The van der Waals surface area contributed by atoms with Crippen molar-refractivity contribution in [2.75, 3.05) is 12.3 Å². The van der Waals surface area contributed by atoms with Crippen molar-refractivity contribution >= 4 is 16.9 Å². The fourth-order valence-corrected chi connectivity index (χ4v) is 1.55. The maximum Gasteiger partial charge on any atom is 0.151 e. The normalized spacial score (nSPS) is 13.2. The summed E-state index contributed by atoms with van der Waals surface area (Å²) in [5.74, 6) is 0.440. The van der Waals surface area contributed by atoms with Gasteiger partial charge >= 0.3 is 0 Å². The minimum atomic E-state index is -0.238. The van der Waals surface area contributed by atoms with E-state index >= 15 is 0 Å². The Balaban J connectivity index is 2.49. The molecular weight excluding hydrogens is 192 g/mol. The molecule has 0 amide bonds. The van der Waals surface area contributed by atoms with Crippen molar-refractivity contribution in [3.8, 4) is 0 Å². The third-order valence-corrected chi connectivity index (χ3v) is 2.28. The van der Waals surface area contributed by atoms with Crippen LogP contribution in [0.3, 0.4) is 0 Å². The van der Waals surface area contributed by atoms with Crippen LogP contribution in [-0.4, -0.2) is 21.5 Å². The molecule has 2 rings (SSSR count). The Morgan fingerprint density at radius 2 is 2.33 bits per heavy atom. The van der Waals surface area contributed by atoms with Gasteiger partial charge in [-0.05, 0) is 6.54 Å². The summed E-state index contributed by atoms with van der Waals surface area (Å²) in [6.45, 7) is 2.80. The van der Waals surface area contributed by atoms with Gasteiger partial charge in [-0.3, -0.25) is 5.32 Å². The van der Waals surface area contributed by atoms with E-state index < -0.39 is 0 Å². The van der Waals surface area contributed by atoms with E-state index in [0.717, 1.165) is 23.1 Å². The molecule has 1 unspecified atom stereocenters. The lowest BCUT2D eigenvalue weighted by molar-refractivity contribution is 0.576. The molecule has 1 atom stereocenters. The van der Waals surface area contributed by atoms with Crippen LogP contribution in [0, 0.1) is 0 Å². The Hall–Kier alpha value is -1.66. The Morgan fingerprint density at radius 1 is 1.53 bits per heavy atom. The lowest BCUT2D eigenvalue weighted by Gasteiger charge is -2.10. The average Bonchev–Trinajstić information content (AvgIpc) is 2.63. The second-order valence-electron chi connectivity index (χ2n) is 3.26. The highest BCUT2D eigenvalue weighted by Gasteiger charge is 2.13. The molecule has 0 saturated heterocycles. The lowest BCUT2D eigenvalue weighted by Crippen LogP contribution is -2.28. The van der Waals surface area contributed by atoms with Crippen molar-refractivity contribution in [2.24, 2.45) is 5.73 Å². The highest BCUT2D eigenvalue weighted by Crippen LogP contribution is 2.21. The second-order valence-corrected chi connectivity index (χ2v) is 3.26. The molecule has 15 heavy (non-hydrogen) atoms. The van der Waals surface area contributed by atoms with Crippen LogP contribution < -0.4 is 16.8 Å². The number of hydrogen-bond donors (Lipinski definition) is 4. The molecule has 80 valence electrons. The Morgan fingerprint density at radius 3 is 3.07 bits per heavy atom. The van der Waals surface area contributed by atoms with Crippen molar-refractivity contribution in [2.45, 2.75) is 13.1 Å². The number of nitrogens with one attached hydrogen (secondary N) is 2. The molecule has 6 heteroatoms. The van der Waals surface area contributed by atoms with Gasteiger partial charge in [-0.2, -0.15) is 0 Å². The van der Waals surface area contributed by atoms with Crippen molar-refractivity contribution in [3.05, 3.63) is 18.1 Å². The first kappa shape index (κ1) is 9.88. The van der Waals surface area contributed by atoms with E-state index in [1.807, 2.05) is 13.1 Å². The zero-order valence-electron chi connectivity index (χ0n) is 8.49. The fraction of sp³-hybridized carbons (Fsp3) is 0.333. The summed E-state index contributed by atoms with van der Waals surface area (Å²) < 4.78 is 0. The van der Waals surface area contributed by atoms with E-state index in [0.29, 0.717) is 5.82 Å². The summed E-state index contributed by atoms with van der Waals surface area (Å²) >= 11 is 0. The summed E-state index contributed by atoms with van der Waals surface area (Å²) in [5.41, 5.74) is 14.0. The summed E-state index contributed by atoms with van der Waals surface area (Å²) in [6.07, 6.45) is 3.01. The van der Waals surface area contributed by atoms with Gasteiger partial charge in [-0.15, -0.1) is 0 Å². The van der Waals surface area contributed by atoms with Gasteiger partial charge in [0, 0.05) is 11.8 Å². The molecule has 0 aliphatic carbocycles. The predicted molar refractivity (Wildman–Crippen MR) is 58.9 cm³/mol. The number of rotatable bonds is 3. The van der Waals surface area contributed by atoms with Gasteiger partial charge in [0.1, 0.15) is 11.8 Å². The number of nitrogens with zero attached hydrogens (tertiary/aromatic N) is 2. The van der Waals surface area contributed by atoms with Crippen molar-refractivity contribution in [3.63, 3.8) is 0 Å².